The van der Waals surface area contributed by atoms with Gasteiger partial charge in [-0.3, -0.25) is 4.79 Å². The topological polar surface area (TPSA) is 17.1 Å². The van der Waals surface area contributed by atoms with E-state index in [0.717, 1.165) is 10.6 Å². The molecule has 0 aromatic rings. The van der Waals surface area contributed by atoms with Gasteiger partial charge in [0.05, 0.1) is 0 Å². The Bertz CT molecular complexity index is 105. The Kier molecular flexibility index (Phi) is 1.44. The standard InChI is InChI=1S/C4H4OS2/c5-4-1-3(6)2-7-4/h1-2H2. The minimum Gasteiger partial charge on any atom is -0.287 e. The molecule has 0 aliphatic carbocycles. The van der Waals surface area contributed by atoms with Crippen molar-refractivity contribution in [1.82, 2.24) is 0 Å². The Morgan fingerprint density at radius 2 is 2.43 bits per heavy atom. The summed E-state index contributed by atoms with van der Waals surface area (Å²) in [6.07, 6.45) is 0.528. The first kappa shape index (κ1) is 5.25. The van der Waals surface area contributed by atoms with Crippen LogP contribution in [0.5, 0.6) is 0 Å². The molecule has 1 nitrogen and oxygen atoms in total. The maximum Gasteiger partial charge on any atom is 0.194 e. The van der Waals surface area contributed by atoms with E-state index in [2.05, 4.69) is 0 Å². The Morgan fingerprint density at radius 3 is 2.57 bits per heavy atom. The number of carbonyl (C=O) groups is 1. The van der Waals surface area contributed by atoms with Gasteiger partial charge in [-0.05, 0) is 0 Å². The van der Waals surface area contributed by atoms with Crippen LogP contribution in [0.2, 0.25) is 0 Å². The van der Waals surface area contributed by atoms with Gasteiger partial charge in [-0.1, -0.05) is 24.0 Å². The average molecular weight is 132 g/mol. The SMILES string of the molecule is O=C1CC(=S)CS1. The average Bonchev–Trinajstić information content (AvgIpc) is 1.87. The molecule has 0 bridgehead atoms. The number of thiocarbonyl (C=S) groups is 1. The van der Waals surface area contributed by atoms with Gasteiger partial charge in [-0.15, -0.1) is 0 Å². The summed E-state index contributed by atoms with van der Waals surface area (Å²) >= 11 is 6.08. The van der Waals surface area contributed by atoms with Crippen LogP contribution in [0.15, 0.2) is 0 Å². The summed E-state index contributed by atoms with van der Waals surface area (Å²) in [5, 5.41) is 0.227. The third-order valence-electron chi connectivity index (χ3n) is 0.736. The highest BCUT2D eigenvalue weighted by atomic mass is 32.2. The summed E-state index contributed by atoms with van der Waals surface area (Å²) in [6.45, 7) is 0. The first-order chi connectivity index (χ1) is 3.29. The second-order valence-electron chi connectivity index (χ2n) is 1.38. The molecule has 0 radical (unpaired) electrons. The largest absolute Gasteiger partial charge is 0.287 e. The summed E-state index contributed by atoms with van der Waals surface area (Å²) in [7, 11) is 0. The third-order valence-corrected chi connectivity index (χ3v) is 2.17. The monoisotopic (exact) mass is 132 g/mol. The van der Waals surface area contributed by atoms with E-state index in [1.165, 1.54) is 11.8 Å². The number of hydrogen-bond donors (Lipinski definition) is 0. The smallest absolute Gasteiger partial charge is 0.194 e. The van der Waals surface area contributed by atoms with E-state index in [1.807, 2.05) is 0 Å². The Morgan fingerprint density at radius 1 is 1.71 bits per heavy atom. The molecule has 0 saturated carbocycles. The molecule has 0 aromatic heterocycles. The van der Waals surface area contributed by atoms with Crippen LogP contribution in [-0.4, -0.2) is 15.7 Å². The lowest BCUT2D eigenvalue weighted by Crippen LogP contribution is -1.87. The molecule has 0 atom stereocenters. The Labute approximate surface area is 51.5 Å². The quantitative estimate of drug-likeness (QED) is 0.458. The van der Waals surface area contributed by atoms with Gasteiger partial charge in [-0.25, -0.2) is 0 Å². The van der Waals surface area contributed by atoms with Crippen LogP contribution < -0.4 is 0 Å². The summed E-state index contributed by atoms with van der Waals surface area (Å²) in [6, 6.07) is 0. The van der Waals surface area contributed by atoms with E-state index in [0.29, 0.717) is 6.42 Å². The summed E-state index contributed by atoms with van der Waals surface area (Å²) in [4.78, 5) is 11.2. The summed E-state index contributed by atoms with van der Waals surface area (Å²) in [5.41, 5.74) is 0. The van der Waals surface area contributed by atoms with Crippen molar-refractivity contribution in [1.29, 1.82) is 0 Å². The molecular formula is C4H4OS2. The zero-order valence-electron chi connectivity index (χ0n) is 3.64. The van der Waals surface area contributed by atoms with E-state index in [-0.39, 0.29) is 5.12 Å². The lowest BCUT2D eigenvalue weighted by atomic mass is 10.4. The fourth-order valence-corrected chi connectivity index (χ4v) is 1.52. The minimum absolute atomic E-state index is 0.227. The lowest BCUT2D eigenvalue weighted by molar-refractivity contribution is -0.109. The maximum absolute atomic E-state index is 10.3. The number of rotatable bonds is 0. The maximum atomic E-state index is 10.3. The molecule has 1 rings (SSSR count). The van der Waals surface area contributed by atoms with Crippen molar-refractivity contribution in [3.8, 4) is 0 Å². The zero-order valence-corrected chi connectivity index (χ0v) is 5.27. The third kappa shape index (κ3) is 1.24. The second-order valence-corrected chi connectivity index (χ2v) is 2.99. The van der Waals surface area contributed by atoms with E-state index in [9.17, 15) is 4.79 Å². The van der Waals surface area contributed by atoms with Gasteiger partial charge in [0.1, 0.15) is 0 Å². The van der Waals surface area contributed by atoms with Gasteiger partial charge >= 0.3 is 0 Å². The van der Waals surface area contributed by atoms with Crippen molar-refractivity contribution in [3.05, 3.63) is 0 Å². The van der Waals surface area contributed by atoms with Crippen LogP contribution >= 0.6 is 24.0 Å². The van der Waals surface area contributed by atoms with Crippen molar-refractivity contribution in [3.63, 3.8) is 0 Å². The highest BCUT2D eigenvalue weighted by Crippen LogP contribution is 2.15. The van der Waals surface area contributed by atoms with Crippen LogP contribution in [0.4, 0.5) is 0 Å². The molecule has 1 fully saturated rings. The van der Waals surface area contributed by atoms with E-state index >= 15 is 0 Å². The molecule has 38 valence electrons. The molecule has 1 aliphatic heterocycles. The molecular weight excluding hydrogens is 128 g/mol. The van der Waals surface area contributed by atoms with Crippen LogP contribution in [0.3, 0.4) is 0 Å². The highest BCUT2D eigenvalue weighted by molar-refractivity contribution is 8.15. The summed E-state index contributed by atoms with van der Waals surface area (Å²) < 4.78 is 0. The molecule has 0 N–H and O–H groups in total. The van der Waals surface area contributed by atoms with Crippen LogP contribution in [0.25, 0.3) is 0 Å². The van der Waals surface area contributed by atoms with Crippen LogP contribution in [0.1, 0.15) is 6.42 Å². The van der Waals surface area contributed by atoms with E-state index in [4.69, 9.17) is 12.2 Å². The zero-order chi connectivity index (χ0) is 5.28. The van der Waals surface area contributed by atoms with Crippen molar-refractivity contribution >= 4 is 34.0 Å². The number of carbonyl (C=O) groups excluding carboxylic acids is 1. The van der Waals surface area contributed by atoms with Crippen LogP contribution in [-0.2, 0) is 4.79 Å². The van der Waals surface area contributed by atoms with Gasteiger partial charge in [0.2, 0.25) is 0 Å². The van der Waals surface area contributed by atoms with E-state index < -0.39 is 0 Å². The highest BCUT2D eigenvalue weighted by Gasteiger charge is 2.14. The minimum atomic E-state index is 0.227. The van der Waals surface area contributed by atoms with Gasteiger partial charge in [0.25, 0.3) is 0 Å². The van der Waals surface area contributed by atoms with Crippen molar-refractivity contribution < 1.29 is 4.79 Å². The van der Waals surface area contributed by atoms with Crippen LogP contribution in [0, 0.1) is 0 Å². The Hall–Kier alpha value is 0.110. The molecule has 0 unspecified atom stereocenters. The van der Waals surface area contributed by atoms with Gasteiger partial charge in [0, 0.05) is 17.0 Å². The van der Waals surface area contributed by atoms with Crippen molar-refractivity contribution in [2.75, 3.05) is 5.75 Å². The lowest BCUT2D eigenvalue weighted by Gasteiger charge is -1.73. The molecule has 0 amide bonds. The second kappa shape index (κ2) is 1.92. The Balaban J connectivity index is 2.55. The molecule has 1 saturated heterocycles. The fourth-order valence-electron chi connectivity index (χ4n) is 0.424. The predicted molar refractivity (Wildman–Crippen MR) is 34.7 cm³/mol. The first-order valence-electron chi connectivity index (χ1n) is 1.96. The molecule has 0 aromatic carbocycles. The number of thioether (sulfide) groups is 1. The molecule has 1 aliphatic rings. The van der Waals surface area contributed by atoms with E-state index in [1.54, 1.807) is 0 Å². The van der Waals surface area contributed by atoms with Gasteiger partial charge in [-0.2, -0.15) is 0 Å². The van der Waals surface area contributed by atoms with Crippen molar-refractivity contribution in [2.45, 2.75) is 6.42 Å². The molecule has 0 spiro atoms. The van der Waals surface area contributed by atoms with Crippen molar-refractivity contribution in [2.24, 2.45) is 0 Å². The predicted octanol–water partition coefficient (Wildman–Crippen LogP) is 1.02. The molecule has 3 heteroatoms. The number of hydrogen-bond acceptors (Lipinski definition) is 3. The van der Waals surface area contributed by atoms with Gasteiger partial charge in [0.15, 0.2) is 5.12 Å². The summed E-state index contributed by atoms with van der Waals surface area (Å²) in [5.74, 6) is 0.772. The molecule has 1 heterocycles. The normalized spacial score (nSPS) is 21.1. The molecule has 7 heavy (non-hydrogen) atoms. The fraction of sp³-hybridized carbons (Fsp3) is 0.500. The first-order valence-corrected chi connectivity index (χ1v) is 3.36. The van der Waals surface area contributed by atoms with Gasteiger partial charge < -0.3 is 0 Å².